The van der Waals surface area contributed by atoms with E-state index < -0.39 is 5.60 Å². The third-order valence-electron chi connectivity index (χ3n) is 4.64. The van der Waals surface area contributed by atoms with Crippen LogP contribution in [0.2, 0.25) is 0 Å². The molecule has 1 amide bonds. The van der Waals surface area contributed by atoms with E-state index in [4.69, 9.17) is 4.74 Å². The van der Waals surface area contributed by atoms with Crippen molar-refractivity contribution in [2.24, 2.45) is 5.92 Å². The highest BCUT2D eigenvalue weighted by Gasteiger charge is 2.34. The Kier molecular flexibility index (Phi) is 6.09. The van der Waals surface area contributed by atoms with Gasteiger partial charge in [-0.15, -0.1) is 0 Å². The fourth-order valence-corrected chi connectivity index (χ4v) is 3.51. The van der Waals surface area contributed by atoms with Crippen LogP contribution in [-0.4, -0.2) is 53.0 Å². The van der Waals surface area contributed by atoms with Gasteiger partial charge in [0, 0.05) is 31.2 Å². The predicted molar refractivity (Wildman–Crippen MR) is 91.3 cm³/mol. The van der Waals surface area contributed by atoms with Crippen LogP contribution in [0, 0.1) is 5.92 Å². The molecule has 0 aromatic heterocycles. The summed E-state index contributed by atoms with van der Waals surface area (Å²) in [7, 11) is 0. The van der Waals surface area contributed by atoms with Crippen molar-refractivity contribution in [2.75, 3.05) is 13.2 Å². The monoisotopic (exact) mass is 324 g/mol. The van der Waals surface area contributed by atoms with Gasteiger partial charge in [-0.1, -0.05) is 12.2 Å². The second-order valence-electron chi connectivity index (χ2n) is 7.86. The van der Waals surface area contributed by atoms with Crippen molar-refractivity contribution < 1.29 is 14.6 Å². The molecule has 1 fully saturated rings. The summed E-state index contributed by atoms with van der Waals surface area (Å²) in [5, 5.41) is 12.9. The molecule has 2 rings (SSSR count). The van der Waals surface area contributed by atoms with Crippen molar-refractivity contribution in [1.82, 2.24) is 10.2 Å². The lowest BCUT2D eigenvalue weighted by Crippen LogP contribution is -2.55. The number of piperidine rings is 1. The van der Waals surface area contributed by atoms with Crippen LogP contribution in [0.5, 0.6) is 0 Å². The van der Waals surface area contributed by atoms with E-state index >= 15 is 0 Å². The van der Waals surface area contributed by atoms with E-state index in [2.05, 4.69) is 24.4 Å². The first-order valence-corrected chi connectivity index (χ1v) is 8.85. The highest BCUT2D eigenvalue weighted by atomic mass is 16.6. The van der Waals surface area contributed by atoms with Gasteiger partial charge in [-0.25, -0.2) is 4.79 Å². The second kappa shape index (κ2) is 7.67. The van der Waals surface area contributed by atoms with Gasteiger partial charge < -0.3 is 20.1 Å². The zero-order valence-corrected chi connectivity index (χ0v) is 14.9. The molecule has 4 atom stereocenters. The Balaban J connectivity index is 1.94. The van der Waals surface area contributed by atoms with Crippen molar-refractivity contribution in [2.45, 2.75) is 77.1 Å². The summed E-state index contributed by atoms with van der Waals surface area (Å²) in [5.74, 6) is 0.257. The van der Waals surface area contributed by atoms with E-state index in [0.29, 0.717) is 0 Å². The molecule has 1 heterocycles. The molecule has 5 heteroatoms. The van der Waals surface area contributed by atoms with Crippen LogP contribution < -0.4 is 5.32 Å². The van der Waals surface area contributed by atoms with Crippen LogP contribution in [0.1, 0.15) is 53.4 Å². The maximum absolute atomic E-state index is 12.5. The molecule has 0 aromatic rings. The minimum Gasteiger partial charge on any atom is -0.444 e. The molecular formula is C18H32N2O3. The maximum Gasteiger partial charge on any atom is 0.410 e. The Labute approximate surface area is 140 Å². The SMILES string of the molecule is C[C@H](N[C@@H]1C=C[C@H](CO)C1)[C@H]1CCCCN1C(=O)OC(C)(C)C. The topological polar surface area (TPSA) is 61.8 Å². The molecule has 2 aliphatic rings. The molecule has 0 spiro atoms. The van der Waals surface area contributed by atoms with Crippen LogP contribution in [0.3, 0.4) is 0 Å². The molecule has 132 valence electrons. The van der Waals surface area contributed by atoms with E-state index in [-0.39, 0.29) is 36.7 Å². The summed E-state index contributed by atoms with van der Waals surface area (Å²) in [6.45, 7) is 8.84. The highest BCUT2D eigenvalue weighted by Crippen LogP contribution is 2.24. The molecule has 0 unspecified atom stereocenters. The Hall–Kier alpha value is -1.07. The molecule has 0 aromatic carbocycles. The number of nitrogens with one attached hydrogen (secondary N) is 1. The summed E-state index contributed by atoms with van der Waals surface area (Å²) in [4.78, 5) is 14.4. The number of ether oxygens (including phenoxy) is 1. The lowest BCUT2D eigenvalue weighted by molar-refractivity contribution is 0.00523. The van der Waals surface area contributed by atoms with Crippen molar-refractivity contribution in [3.05, 3.63) is 12.2 Å². The molecule has 2 N–H and O–H groups in total. The van der Waals surface area contributed by atoms with Crippen LogP contribution in [-0.2, 0) is 4.74 Å². The Morgan fingerprint density at radius 3 is 2.74 bits per heavy atom. The van der Waals surface area contributed by atoms with Crippen LogP contribution in [0.4, 0.5) is 4.79 Å². The van der Waals surface area contributed by atoms with Crippen molar-refractivity contribution in [1.29, 1.82) is 0 Å². The average Bonchev–Trinajstić information content (AvgIpc) is 2.93. The molecule has 1 saturated heterocycles. The number of aliphatic hydroxyl groups excluding tert-OH is 1. The summed E-state index contributed by atoms with van der Waals surface area (Å²) >= 11 is 0. The maximum atomic E-state index is 12.5. The number of hydrogen-bond donors (Lipinski definition) is 2. The second-order valence-corrected chi connectivity index (χ2v) is 7.86. The first-order valence-electron chi connectivity index (χ1n) is 8.85. The van der Waals surface area contributed by atoms with E-state index in [1.165, 1.54) is 0 Å². The minimum atomic E-state index is -0.460. The standard InChI is InChI=1S/C18H32N2O3/c1-13(19-15-9-8-14(11-15)12-21)16-7-5-6-10-20(16)17(22)23-18(2,3)4/h8-9,13-16,19,21H,5-7,10-12H2,1-4H3/t13-,14-,15+,16+/m0/s1. The van der Waals surface area contributed by atoms with Crippen LogP contribution in [0.15, 0.2) is 12.2 Å². The number of nitrogens with zero attached hydrogens (tertiary/aromatic N) is 1. The molecule has 1 aliphatic heterocycles. The van der Waals surface area contributed by atoms with Gasteiger partial charge in [-0.3, -0.25) is 0 Å². The van der Waals surface area contributed by atoms with Crippen molar-refractivity contribution in [3.8, 4) is 0 Å². The Morgan fingerprint density at radius 1 is 1.39 bits per heavy atom. The number of hydrogen-bond acceptors (Lipinski definition) is 4. The smallest absolute Gasteiger partial charge is 0.410 e. The average molecular weight is 324 g/mol. The van der Waals surface area contributed by atoms with Gasteiger partial charge >= 0.3 is 6.09 Å². The number of likely N-dealkylation sites (tertiary alicyclic amines) is 1. The summed E-state index contributed by atoms with van der Waals surface area (Å²) < 4.78 is 5.57. The third kappa shape index (κ3) is 5.21. The quantitative estimate of drug-likeness (QED) is 0.781. The van der Waals surface area contributed by atoms with Gasteiger partial charge in [0.25, 0.3) is 0 Å². The summed E-state index contributed by atoms with van der Waals surface area (Å²) in [6, 6.07) is 0.652. The predicted octanol–water partition coefficient (Wildman–Crippen LogP) is 2.69. The molecular weight excluding hydrogens is 292 g/mol. The van der Waals surface area contributed by atoms with Gasteiger partial charge in [-0.05, 0) is 53.4 Å². The fraction of sp³-hybridized carbons (Fsp3) is 0.833. The zero-order valence-electron chi connectivity index (χ0n) is 14.9. The minimum absolute atomic E-state index is 0.167. The van der Waals surface area contributed by atoms with Gasteiger partial charge in [-0.2, -0.15) is 0 Å². The van der Waals surface area contributed by atoms with Gasteiger partial charge in [0.1, 0.15) is 5.60 Å². The first-order chi connectivity index (χ1) is 10.8. The molecule has 0 bridgehead atoms. The van der Waals surface area contributed by atoms with E-state index in [1.54, 1.807) is 0 Å². The lowest BCUT2D eigenvalue weighted by Gasteiger charge is -2.40. The first kappa shape index (κ1) is 18.3. The van der Waals surface area contributed by atoms with Crippen LogP contribution >= 0.6 is 0 Å². The normalized spacial score (nSPS) is 29.6. The number of rotatable bonds is 4. The molecule has 1 aliphatic carbocycles. The van der Waals surface area contributed by atoms with Gasteiger partial charge in [0.15, 0.2) is 0 Å². The lowest BCUT2D eigenvalue weighted by atomic mass is 9.96. The number of carbonyl (C=O) groups is 1. The van der Waals surface area contributed by atoms with E-state index in [0.717, 1.165) is 32.2 Å². The Morgan fingerprint density at radius 2 is 2.13 bits per heavy atom. The third-order valence-corrected chi connectivity index (χ3v) is 4.64. The number of aliphatic hydroxyl groups is 1. The molecule has 23 heavy (non-hydrogen) atoms. The molecule has 5 nitrogen and oxygen atoms in total. The number of carbonyl (C=O) groups excluding carboxylic acids is 1. The molecule has 0 saturated carbocycles. The fourth-order valence-electron chi connectivity index (χ4n) is 3.51. The van der Waals surface area contributed by atoms with E-state index in [9.17, 15) is 9.90 Å². The summed E-state index contributed by atoms with van der Waals surface area (Å²) in [6.07, 6.45) is 8.14. The van der Waals surface area contributed by atoms with Crippen molar-refractivity contribution in [3.63, 3.8) is 0 Å². The van der Waals surface area contributed by atoms with Crippen LogP contribution in [0.25, 0.3) is 0 Å². The highest BCUT2D eigenvalue weighted by molar-refractivity contribution is 5.68. The Bertz CT molecular complexity index is 430. The summed E-state index contributed by atoms with van der Waals surface area (Å²) in [5.41, 5.74) is -0.460. The van der Waals surface area contributed by atoms with E-state index in [1.807, 2.05) is 25.7 Å². The number of amides is 1. The van der Waals surface area contributed by atoms with Gasteiger partial charge in [0.2, 0.25) is 0 Å². The largest absolute Gasteiger partial charge is 0.444 e. The van der Waals surface area contributed by atoms with Crippen molar-refractivity contribution >= 4 is 6.09 Å². The molecule has 0 radical (unpaired) electrons. The van der Waals surface area contributed by atoms with Gasteiger partial charge in [0.05, 0.1) is 6.04 Å². The zero-order chi connectivity index (χ0) is 17.0.